The Morgan fingerprint density at radius 2 is 1.68 bits per heavy atom. The number of hydrogen-bond acceptors (Lipinski definition) is 4. The number of carbonyl (C=O) groups is 2. The first kappa shape index (κ1) is 21.2. The van der Waals surface area contributed by atoms with E-state index < -0.39 is 0 Å². The van der Waals surface area contributed by atoms with Gasteiger partial charge in [0.2, 0.25) is 5.91 Å². The molecular weight excluding hydrogens is 363 g/mol. The molecule has 0 aliphatic heterocycles. The molecule has 0 aliphatic carbocycles. The lowest BCUT2D eigenvalue weighted by atomic mass is 10.1. The van der Waals surface area contributed by atoms with E-state index >= 15 is 0 Å². The predicted octanol–water partition coefficient (Wildman–Crippen LogP) is 2.66. The van der Waals surface area contributed by atoms with E-state index in [0.717, 1.165) is 0 Å². The quantitative estimate of drug-likeness (QED) is 0.717. The van der Waals surface area contributed by atoms with Gasteiger partial charge < -0.3 is 19.7 Å². The molecule has 0 bridgehead atoms. The van der Waals surface area contributed by atoms with Gasteiger partial charge in [0.15, 0.2) is 0 Å². The highest BCUT2D eigenvalue weighted by molar-refractivity contribution is 5.95. The molecule has 0 atom stereocenters. The fourth-order valence-electron chi connectivity index (χ4n) is 2.73. The fourth-order valence-corrected chi connectivity index (χ4v) is 2.73. The highest BCUT2D eigenvalue weighted by atomic mass is 19.1. The van der Waals surface area contributed by atoms with Gasteiger partial charge in [-0.15, -0.1) is 0 Å². The third-order valence-electron chi connectivity index (χ3n) is 4.34. The van der Waals surface area contributed by atoms with Gasteiger partial charge in [-0.1, -0.05) is 18.2 Å². The largest absolute Gasteiger partial charge is 0.497 e. The summed E-state index contributed by atoms with van der Waals surface area (Å²) in [7, 11) is 3.02. The number of ether oxygens (including phenoxy) is 2. The van der Waals surface area contributed by atoms with Crippen LogP contribution in [0.2, 0.25) is 0 Å². The van der Waals surface area contributed by atoms with Gasteiger partial charge in [0.25, 0.3) is 5.91 Å². The predicted molar refractivity (Wildman–Crippen MR) is 104 cm³/mol. The van der Waals surface area contributed by atoms with Crippen LogP contribution >= 0.6 is 0 Å². The van der Waals surface area contributed by atoms with Crippen LogP contribution in [0.4, 0.5) is 4.39 Å². The van der Waals surface area contributed by atoms with Crippen molar-refractivity contribution in [2.45, 2.75) is 13.3 Å². The Hall–Kier alpha value is -3.09. The standard InChI is InChI=1S/C21H25FN2O4/c1-15(25)24(10-8-16-6-4-5-7-20(16)22)11-9-23-21(26)17-12-18(27-2)14-19(13-17)28-3/h4-7,12-14H,8-11H2,1-3H3,(H,23,26). The third-order valence-corrected chi connectivity index (χ3v) is 4.34. The van der Waals surface area contributed by atoms with Crippen molar-refractivity contribution >= 4 is 11.8 Å². The summed E-state index contributed by atoms with van der Waals surface area (Å²) in [5, 5.41) is 2.78. The maximum Gasteiger partial charge on any atom is 0.251 e. The SMILES string of the molecule is COc1cc(OC)cc(C(=O)NCCN(CCc2ccccc2F)C(C)=O)c1. The second-order valence-corrected chi connectivity index (χ2v) is 6.20. The van der Waals surface area contributed by atoms with Crippen LogP contribution in [0.25, 0.3) is 0 Å². The van der Waals surface area contributed by atoms with Crippen molar-refractivity contribution in [1.29, 1.82) is 0 Å². The van der Waals surface area contributed by atoms with Gasteiger partial charge in [0.05, 0.1) is 14.2 Å². The highest BCUT2D eigenvalue weighted by Crippen LogP contribution is 2.22. The molecule has 0 spiro atoms. The molecule has 2 aromatic carbocycles. The van der Waals surface area contributed by atoms with Crippen molar-refractivity contribution < 1.29 is 23.5 Å². The van der Waals surface area contributed by atoms with E-state index in [1.165, 1.54) is 27.2 Å². The molecule has 0 fully saturated rings. The molecule has 2 rings (SSSR count). The smallest absolute Gasteiger partial charge is 0.251 e. The van der Waals surface area contributed by atoms with Gasteiger partial charge in [0, 0.05) is 38.2 Å². The van der Waals surface area contributed by atoms with E-state index in [2.05, 4.69) is 5.32 Å². The van der Waals surface area contributed by atoms with E-state index in [1.807, 2.05) is 0 Å². The van der Waals surface area contributed by atoms with Gasteiger partial charge in [-0.3, -0.25) is 9.59 Å². The molecule has 0 saturated carbocycles. The zero-order chi connectivity index (χ0) is 20.5. The van der Waals surface area contributed by atoms with Crippen LogP contribution in [0.5, 0.6) is 11.5 Å². The van der Waals surface area contributed by atoms with Crippen molar-refractivity contribution in [2.75, 3.05) is 33.9 Å². The second kappa shape index (κ2) is 10.3. The van der Waals surface area contributed by atoms with Crippen molar-refractivity contribution in [2.24, 2.45) is 0 Å². The van der Waals surface area contributed by atoms with E-state index in [0.29, 0.717) is 42.1 Å². The number of nitrogens with one attached hydrogen (secondary N) is 1. The normalized spacial score (nSPS) is 10.3. The average molecular weight is 388 g/mol. The van der Waals surface area contributed by atoms with Crippen LogP contribution in [-0.4, -0.2) is 50.6 Å². The minimum atomic E-state index is -0.296. The minimum Gasteiger partial charge on any atom is -0.497 e. The van der Waals surface area contributed by atoms with Crippen LogP contribution in [0, 0.1) is 5.82 Å². The van der Waals surface area contributed by atoms with Crippen LogP contribution < -0.4 is 14.8 Å². The van der Waals surface area contributed by atoms with Crippen molar-refractivity contribution in [3.05, 3.63) is 59.4 Å². The van der Waals surface area contributed by atoms with Gasteiger partial charge in [-0.25, -0.2) is 4.39 Å². The van der Waals surface area contributed by atoms with E-state index in [1.54, 1.807) is 41.3 Å². The monoisotopic (exact) mass is 388 g/mol. The highest BCUT2D eigenvalue weighted by Gasteiger charge is 2.13. The zero-order valence-corrected chi connectivity index (χ0v) is 16.3. The van der Waals surface area contributed by atoms with Gasteiger partial charge in [-0.05, 0) is 30.2 Å². The molecule has 6 nitrogen and oxygen atoms in total. The Morgan fingerprint density at radius 3 is 2.25 bits per heavy atom. The van der Waals surface area contributed by atoms with Crippen LogP contribution in [0.3, 0.4) is 0 Å². The first-order chi connectivity index (χ1) is 13.4. The Labute approximate surface area is 164 Å². The summed E-state index contributed by atoms with van der Waals surface area (Å²) in [5.74, 6) is 0.314. The number of methoxy groups -OCH3 is 2. The number of nitrogens with zero attached hydrogens (tertiary/aromatic N) is 1. The molecular formula is C21H25FN2O4. The minimum absolute atomic E-state index is 0.131. The van der Waals surface area contributed by atoms with Gasteiger partial charge >= 0.3 is 0 Å². The number of hydrogen-bond donors (Lipinski definition) is 1. The summed E-state index contributed by atoms with van der Waals surface area (Å²) >= 11 is 0. The Morgan fingerprint density at radius 1 is 1.04 bits per heavy atom. The molecule has 0 unspecified atom stereocenters. The number of amides is 2. The molecule has 2 amide bonds. The molecule has 1 N–H and O–H groups in total. The lowest BCUT2D eigenvalue weighted by Crippen LogP contribution is -2.38. The van der Waals surface area contributed by atoms with Crippen molar-refractivity contribution in [1.82, 2.24) is 10.2 Å². The first-order valence-corrected chi connectivity index (χ1v) is 8.94. The molecule has 0 heterocycles. The Balaban J connectivity index is 1.91. The summed E-state index contributed by atoms with van der Waals surface area (Å²) in [4.78, 5) is 25.8. The molecule has 150 valence electrons. The summed E-state index contributed by atoms with van der Waals surface area (Å²) in [6, 6.07) is 11.4. The third kappa shape index (κ3) is 5.97. The summed E-state index contributed by atoms with van der Waals surface area (Å²) in [6.07, 6.45) is 0.410. The molecule has 0 saturated heterocycles. The van der Waals surface area contributed by atoms with Crippen molar-refractivity contribution in [3.8, 4) is 11.5 Å². The lowest BCUT2D eigenvalue weighted by molar-refractivity contribution is -0.128. The molecule has 0 aliphatic rings. The van der Waals surface area contributed by atoms with E-state index in [-0.39, 0.29) is 24.2 Å². The first-order valence-electron chi connectivity index (χ1n) is 8.94. The van der Waals surface area contributed by atoms with Crippen LogP contribution in [-0.2, 0) is 11.2 Å². The maximum atomic E-state index is 13.7. The second-order valence-electron chi connectivity index (χ2n) is 6.20. The Kier molecular flexibility index (Phi) is 7.80. The van der Waals surface area contributed by atoms with E-state index in [4.69, 9.17) is 9.47 Å². The van der Waals surface area contributed by atoms with Gasteiger partial charge in [-0.2, -0.15) is 0 Å². The number of rotatable bonds is 9. The molecule has 0 aromatic heterocycles. The fraction of sp³-hybridized carbons (Fsp3) is 0.333. The summed E-state index contributed by atoms with van der Waals surface area (Å²) < 4.78 is 24.1. The number of carbonyl (C=O) groups excluding carboxylic acids is 2. The van der Waals surface area contributed by atoms with Gasteiger partial charge in [0.1, 0.15) is 17.3 Å². The summed E-state index contributed by atoms with van der Waals surface area (Å²) in [5.41, 5.74) is 0.957. The molecule has 0 radical (unpaired) electrons. The Bertz CT molecular complexity index is 804. The molecule has 2 aromatic rings. The van der Waals surface area contributed by atoms with Crippen LogP contribution in [0.1, 0.15) is 22.8 Å². The average Bonchev–Trinajstić information content (AvgIpc) is 2.70. The van der Waals surface area contributed by atoms with Crippen LogP contribution in [0.15, 0.2) is 42.5 Å². The topological polar surface area (TPSA) is 67.9 Å². The van der Waals surface area contributed by atoms with Crippen molar-refractivity contribution in [3.63, 3.8) is 0 Å². The number of benzene rings is 2. The molecule has 28 heavy (non-hydrogen) atoms. The van der Waals surface area contributed by atoms with E-state index in [9.17, 15) is 14.0 Å². The maximum absolute atomic E-state index is 13.7. The zero-order valence-electron chi connectivity index (χ0n) is 16.3. The summed E-state index contributed by atoms with van der Waals surface area (Å²) in [6.45, 7) is 2.43. The molecule has 7 heteroatoms. The number of halogens is 1. The lowest BCUT2D eigenvalue weighted by Gasteiger charge is -2.21.